The molecule has 2 aromatic rings. The minimum absolute atomic E-state index is 0.248. The van der Waals surface area contributed by atoms with Crippen LogP contribution in [0, 0.1) is 0 Å². The lowest BCUT2D eigenvalue weighted by molar-refractivity contribution is 0.198. The number of rotatable bonds is 6. The lowest BCUT2D eigenvalue weighted by Gasteiger charge is -2.33. The van der Waals surface area contributed by atoms with Crippen LogP contribution < -0.4 is 15.4 Å². The van der Waals surface area contributed by atoms with Gasteiger partial charge in [-0.05, 0) is 36.6 Å². The second-order valence-electron chi connectivity index (χ2n) is 7.10. The summed E-state index contributed by atoms with van der Waals surface area (Å²) in [5.41, 5.74) is 2.14. The van der Waals surface area contributed by atoms with Gasteiger partial charge in [0, 0.05) is 44.8 Å². The number of hydrogen-bond donors (Lipinski definition) is 3. The summed E-state index contributed by atoms with van der Waals surface area (Å²) in [7, 11) is 3.39. The third kappa shape index (κ3) is 5.63. The van der Waals surface area contributed by atoms with Crippen molar-refractivity contribution in [3.05, 3.63) is 59.7 Å². The molecule has 6 heteroatoms. The first-order chi connectivity index (χ1) is 13.7. The van der Waals surface area contributed by atoms with E-state index >= 15 is 0 Å². The Bertz CT molecular complexity index is 771. The summed E-state index contributed by atoms with van der Waals surface area (Å²) in [5, 5.41) is 16.8. The third-order valence-corrected chi connectivity index (χ3v) is 5.13. The molecule has 0 saturated carbocycles. The first-order valence-corrected chi connectivity index (χ1v) is 9.77. The van der Waals surface area contributed by atoms with E-state index < -0.39 is 0 Å². The van der Waals surface area contributed by atoms with Crippen LogP contribution >= 0.6 is 0 Å². The first-order valence-electron chi connectivity index (χ1n) is 9.77. The fraction of sp³-hybridized carbons (Fsp3) is 0.409. The number of aromatic hydroxyl groups is 1. The largest absolute Gasteiger partial charge is 0.508 e. The van der Waals surface area contributed by atoms with Crippen molar-refractivity contribution >= 4 is 5.96 Å². The smallest absolute Gasteiger partial charge is 0.191 e. The maximum Gasteiger partial charge on any atom is 0.191 e. The molecule has 0 radical (unpaired) electrons. The third-order valence-electron chi connectivity index (χ3n) is 5.13. The standard InChI is InChI=1S/C22H30N4O2/c1-23-22(24-15-18-14-20(28-2)8-9-21(18)27)25-19-10-12-26(13-11-19)16-17-6-4-3-5-7-17/h3-9,14,19,27H,10-13,15-16H2,1-2H3,(H2,23,24,25). The van der Waals surface area contributed by atoms with Crippen molar-refractivity contribution in [1.29, 1.82) is 0 Å². The molecule has 28 heavy (non-hydrogen) atoms. The number of phenols is 1. The van der Waals surface area contributed by atoms with E-state index in [1.807, 2.05) is 6.07 Å². The van der Waals surface area contributed by atoms with E-state index in [0.717, 1.165) is 49.7 Å². The molecule has 1 saturated heterocycles. The topological polar surface area (TPSA) is 69.1 Å². The lowest BCUT2D eigenvalue weighted by Crippen LogP contribution is -2.48. The van der Waals surface area contributed by atoms with Crippen molar-refractivity contribution in [2.45, 2.75) is 32.0 Å². The van der Waals surface area contributed by atoms with Crippen LogP contribution in [-0.4, -0.2) is 49.3 Å². The summed E-state index contributed by atoms with van der Waals surface area (Å²) in [6.45, 7) is 3.63. The Balaban J connectivity index is 1.45. The second kappa shape index (κ2) is 9.99. The summed E-state index contributed by atoms with van der Waals surface area (Å²) >= 11 is 0. The monoisotopic (exact) mass is 382 g/mol. The van der Waals surface area contributed by atoms with Crippen LogP contribution in [0.15, 0.2) is 53.5 Å². The summed E-state index contributed by atoms with van der Waals surface area (Å²) in [5.74, 6) is 1.73. The van der Waals surface area contributed by atoms with Crippen molar-refractivity contribution in [3.8, 4) is 11.5 Å². The number of benzene rings is 2. The summed E-state index contributed by atoms with van der Waals surface area (Å²) in [6, 6.07) is 16.2. The highest BCUT2D eigenvalue weighted by Crippen LogP contribution is 2.22. The fourth-order valence-corrected chi connectivity index (χ4v) is 3.47. The molecule has 0 aliphatic carbocycles. The number of likely N-dealkylation sites (tertiary alicyclic amines) is 1. The Labute approximate surface area is 167 Å². The van der Waals surface area contributed by atoms with Gasteiger partial charge in [0.1, 0.15) is 11.5 Å². The number of guanidine groups is 1. The number of ether oxygens (including phenoxy) is 1. The number of phenolic OH excluding ortho intramolecular Hbond substituents is 1. The molecule has 6 nitrogen and oxygen atoms in total. The summed E-state index contributed by atoms with van der Waals surface area (Å²) in [6.07, 6.45) is 2.16. The molecule has 3 N–H and O–H groups in total. The zero-order valence-corrected chi connectivity index (χ0v) is 16.7. The van der Waals surface area contributed by atoms with Gasteiger partial charge in [0.05, 0.1) is 7.11 Å². The van der Waals surface area contributed by atoms with Crippen LogP contribution in [-0.2, 0) is 13.1 Å². The molecule has 0 spiro atoms. The highest BCUT2D eigenvalue weighted by molar-refractivity contribution is 5.80. The molecule has 0 aromatic heterocycles. The Morgan fingerprint density at radius 1 is 1.18 bits per heavy atom. The van der Waals surface area contributed by atoms with Gasteiger partial charge in [0.2, 0.25) is 0 Å². The molecule has 1 aliphatic rings. The summed E-state index contributed by atoms with van der Waals surface area (Å²) in [4.78, 5) is 6.82. The highest BCUT2D eigenvalue weighted by atomic mass is 16.5. The van der Waals surface area contributed by atoms with Crippen molar-refractivity contribution in [3.63, 3.8) is 0 Å². The average Bonchev–Trinajstić information content (AvgIpc) is 2.74. The predicted molar refractivity (Wildman–Crippen MR) is 113 cm³/mol. The molecule has 0 atom stereocenters. The molecule has 3 rings (SSSR count). The average molecular weight is 383 g/mol. The normalized spacial score (nSPS) is 16.0. The molecular weight excluding hydrogens is 352 g/mol. The lowest BCUT2D eigenvalue weighted by atomic mass is 10.0. The molecule has 150 valence electrons. The summed E-state index contributed by atoms with van der Waals surface area (Å²) < 4.78 is 5.23. The van der Waals surface area contributed by atoms with Gasteiger partial charge in [-0.25, -0.2) is 0 Å². The Morgan fingerprint density at radius 3 is 2.61 bits per heavy atom. The number of nitrogens with one attached hydrogen (secondary N) is 2. The second-order valence-corrected chi connectivity index (χ2v) is 7.10. The van der Waals surface area contributed by atoms with E-state index in [-0.39, 0.29) is 5.75 Å². The van der Waals surface area contributed by atoms with E-state index in [2.05, 4.69) is 50.9 Å². The van der Waals surface area contributed by atoms with Gasteiger partial charge in [0.15, 0.2) is 5.96 Å². The predicted octanol–water partition coefficient (Wildman–Crippen LogP) is 2.73. The SMILES string of the molecule is CN=C(NCc1cc(OC)ccc1O)NC1CCN(Cc2ccccc2)CC1. The van der Waals surface area contributed by atoms with Crippen LogP contribution in [0.5, 0.6) is 11.5 Å². The maximum atomic E-state index is 10.0. The maximum absolute atomic E-state index is 10.0. The van der Waals surface area contributed by atoms with Gasteiger partial charge in [0.25, 0.3) is 0 Å². The van der Waals surface area contributed by atoms with Gasteiger partial charge in [-0.3, -0.25) is 9.89 Å². The molecular formula is C22H30N4O2. The Hall–Kier alpha value is -2.73. The Kier molecular flexibility index (Phi) is 7.14. The molecule has 2 aromatic carbocycles. The number of methoxy groups -OCH3 is 1. The van der Waals surface area contributed by atoms with Crippen LogP contribution in [0.25, 0.3) is 0 Å². The van der Waals surface area contributed by atoms with E-state index in [1.165, 1.54) is 5.56 Å². The molecule has 0 bridgehead atoms. The molecule has 1 aliphatic heterocycles. The molecule has 0 amide bonds. The molecule has 1 heterocycles. The number of aliphatic imine (C=N–C) groups is 1. The highest BCUT2D eigenvalue weighted by Gasteiger charge is 2.20. The van der Waals surface area contributed by atoms with Crippen molar-refractivity contribution in [2.24, 2.45) is 4.99 Å². The minimum Gasteiger partial charge on any atom is -0.508 e. The fourth-order valence-electron chi connectivity index (χ4n) is 3.47. The molecule has 1 fully saturated rings. The number of hydrogen-bond acceptors (Lipinski definition) is 4. The van der Waals surface area contributed by atoms with E-state index in [0.29, 0.717) is 12.6 Å². The van der Waals surface area contributed by atoms with Crippen molar-refractivity contribution in [1.82, 2.24) is 15.5 Å². The van der Waals surface area contributed by atoms with E-state index in [4.69, 9.17) is 4.74 Å². The van der Waals surface area contributed by atoms with Crippen molar-refractivity contribution < 1.29 is 9.84 Å². The van der Waals surface area contributed by atoms with E-state index in [1.54, 1.807) is 26.3 Å². The van der Waals surface area contributed by atoms with E-state index in [9.17, 15) is 5.11 Å². The van der Waals surface area contributed by atoms with Crippen LogP contribution in [0.2, 0.25) is 0 Å². The number of piperidine rings is 1. The zero-order chi connectivity index (χ0) is 19.8. The first kappa shape index (κ1) is 20.0. The van der Waals surface area contributed by atoms with Crippen LogP contribution in [0.1, 0.15) is 24.0 Å². The van der Waals surface area contributed by atoms with Crippen molar-refractivity contribution in [2.75, 3.05) is 27.2 Å². The number of nitrogens with zero attached hydrogens (tertiary/aromatic N) is 2. The molecule has 0 unspecified atom stereocenters. The minimum atomic E-state index is 0.248. The van der Waals surface area contributed by atoms with Gasteiger partial charge < -0.3 is 20.5 Å². The van der Waals surface area contributed by atoms with Gasteiger partial charge in [-0.15, -0.1) is 0 Å². The van der Waals surface area contributed by atoms with Gasteiger partial charge in [-0.1, -0.05) is 30.3 Å². The van der Waals surface area contributed by atoms with Gasteiger partial charge >= 0.3 is 0 Å². The van der Waals surface area contributed by atoms with Crippen LogP contribution in [0.3, 0.4) is 0 Å². The quantitative estimate of drug-likeness (QED) is 0.529. The zero-order valence-electron chi connectivity index (χ0n) is 16.7. The van der Waals surface area contributed by atoms with Gasteiger partial charge in [-0.2, -0.15) is 0 Å². The van der Waals surface area contributed by atoms with Crippen LogP contribution in [0.4, 0.5) is 0 Å². The Morgan fingerprint density at radius 2 is 1.93 bits per heavy atom.